The maximum absolute atomic E-state index is 13.2. The molecule has 0 aliphatic carbocycles. The molecular weight excluding hydrogens is 344 g/mol. The summed E-state index contributed by atoms with van der Waals surface area (Å²) in [5.41, 5.74) is 4.44. The Balaban J connectivity index is 1.91. The fraction of sp³-hybridized carbons (Fsp3) is 0. The van der Waals surface area contributed by atoms with Gasteiger partial charge in [-0.25, -0.2) is 0 Å². The van der Waals surface area contributed by atoms with E-state index in [2.05, 4.69) is 0 Å². The van der Waals surface area contributed by atoms with Gasteiger partial charge in [0.15, 0.2) is 0 Å². The normalized spacial score (nSPS) is 10.4. The van der Waals surface area contributed by atoms with Crippen molar-refractivity contribution >= 4 is 11.6 Å². The topological polar surface area (TPSA) is 34.1 Å². The van der Waals surface area contributed by atoms with Gasteiger partial charge < -0.3 is 0 Å². The fourth-order valence-corrected chi connectivity index (χ4v) is 3.36. The molecule has 2 nitrogen and oxygen atoms in total. The Morgan fingerprint density at radius 3 is 1.61 bits per heavy atom. The standard InChI is InChI=1S/C26H18O2/c27-25(21-15-8-3-9-16-21)26(28)23-18-10-17-22(19-11-4-1-5-12-19)24(23)20-13-6-2-7-14-20/h1-18H. The van der Waals surface area contributed by atoms with E-state index in [0.717, 1.165) is 22.3 Å². The lowest BCUT2D eigenvalue weighted by Gasteiger charge is -2.15. The Morgan fingerprint density at radius 1 is 0.464 bits per heavy atom. The molecule has 0 N–H and O–H groups in total. The lowest BCUT2D eigenvalue weighted by atomic mass is 9.87. The molecule has 0 bridgehead atoms. The van der Waals surface area contributed by atoms with Crippen LogP contribution in [0.15, 0.2) is 109 Å². The minimum atomic E-state index is -0.497. The SMILES string of the molecule is O=C(C(=O)c1cccc(-c2ccccc2)c1-c1ccccc1)c1ccccc1. The van der Waals surface area contributed by atoms with Crippen molar-refractivity contribution < 1.29 is 9.59 Å². The van der Waals surface area contributed by atoms with E-state index >= 15 is 0 Å². The molecule has 4 aromatic carbocycles. The van der Waals surface area contributed by atoms with E-state index in [4.69, 9.17) is 0 Å². The number of ketones is 2. The summed E-state index contributed by atoms with van der Waals surface area (Å²) in [6.45, 7) is 0. The number of carbonyl (C=O) groups excluding carboxylic acids is 2. The van der Waals surface area contributed by atoms with Gasteiger partial charge in [0.05, 0.1) is 0 Å². The number of benzene rings is 4. The molecule has 0 aliphatic heterocycles. The van der Waals surface area contributed by atoms with E-state index in [1.165, 1.54) is 0 Å². The molecule has 0 aliphatic rings. The predicted molar refractivity (Wildman–Crippen MR) is 112 cm³/mol. The average molecular weight is 362 g/mol. The maximum Gasteiger partial charge on any atom is 0.234 e. The van der Waals surface area contributed by atoms with Crippen LogP contribution in [0.5, 0.6) is 0 Å². The maximum atomic E-state index is 13.2. The lowest BCUT2D eigenvalue weighted by molar-refractivity contribution is 0.0817. The zero-order valence-corrected chi connectivity index (χ0v) is 15.2. The van der Waals surface area contributed by atoms with E-state index in [-0.39, 0.29) is 0 Å². The lowest BCUT2D eigenvalue weighted by Crippen LogP contribution is -2.15. The van der Waals surface area contributed by atoms with Crippen LogP contribution in [0.1, 0.15) is 20.7 Å². The molecule has 0 fully saturated rings. The molecule has 0 amide bonds. The summed E-state index contributed by atoms with van der Waals surface area (Å²) < 4.78 is 0. The molecule has 0 aromatic heterocycles. The number of carbonyl (C=O) groups is 2. The summed E-state index contributed by atoms with van der Waals surface area (Å²) in [5, 5.41) is 0. The molecule has 4 aromatic rings. The Morgan fingerprint density at radius 2 is 1.00 bits per heavy atom. The summed E-state index contributed by atoms with van der Waals surface area (Å²) >= 11 is 0. The molecule has 2 heteroatoms. The van der Waals surface area contributed by atoms with Crippen LogP contribution in [0, 0.1) is 0 Å². The van der Waals surface area contributed by atoms with Crippen molar-refractivity contribution in [3.63, 3.8) is 0 Å². The van der Waals surface area contributed by atoms with E-state index in [1.54, 1.807) is 30.3 Å². The first kappa shape index (κ1) is 17.6. The first-order valence-corrected chi connectivity index (χ1v) is 9.13. The molecule has 0 atom stereocenters. The molecule has 0 spiro atoms. The number of hydrogen-bond donors (Lipinski definition) is 0. The predicted octanol–water partition coefficient (Wildman–Crippen LogP) is 6.09. The van der Waals surface area contributed by atoms with Gasteiger partial charge in [-0.05, 0) is 16.7 Å². The summed E-state index contributed by atoms with van der Waals surface area (Å²) in [6, 6.07) is 33.9. The van der Waals surface area contributed by atoms with Gasteiger partial charge in [-0.15, -0.1) is 0 Å². The van der Waals surface area contributed by atoms with Gasteiger partial charge >= 0.3 is 0 Å². The van der Waals surface area contributed by atoms with Crippen molar-refractivity contribution in [2.75, 3.05) is 0 Å². The summed E-state index contributed by atoms with van der Waals surface area (Å²) in [5.74, 6) is -0.995. The molecule has 134 valence electrons. The highest BCUT2D eigenvalue weighted by Crippen LogP contribution is 2.35. The number of rotatable bonds is 5. The minimum Gasteiger partial charge on any atom is -0.285 e. The van der Waals surface area contributed by atoms with Gasteiger partial charge in [0.1, 0.15) is 0 Å². The van der Waals surface area contributed by atoms with Crippen molar-refractivity contribution in [1.29, 1.82) is 0 Å². The van der Waals surface area contributed by atoms with Crippen LogP contribution in [0.3, 0.4) is 0 Å². The second kappa shape index (κ2) is 7.85. The highest BCUT2D eigenvalue weighted by Gasteiger charge is 2.23. The summed E-state index contributed by atoms with van der Waals surface area (Å²) in [7, 11) is 0. The second-order valence-corrected chi connectivity index (χ2v) is 6.48. The van der Waals surface area contributed by atoms with Crippen molar-refractivity contribution in [3.05, 3.63) is 120 Å². The molecule has 4 rings (SSSR count). The second-order valence-electron chi connectivity index (χ2n) is 6.48. The molecule has 0 saturated carbocycles. The van der Waals surface area contributed by atoms with Crippen LogP contribution in [0.2, 0.25) is 0 Å². The smallest absolute Gasteiger partial charge is 0.234 e. The van der Waals surface area contributed by atoms with Gasteiger partial charge in [0.2, 0.25) is 11.6 Å². The third kappa shape index (κ3) is 3.40. The number of hydrogen-bond acceptors (Lipinski definition) is 2. The first-order chi connectivity index (χ1) is 13.8. The zero-order chi connectivity index (χ0) is 19.3. The highest BCUT2D eigenvalue weighted by atomic mass is 16.2. The van der Waals surface area contributed by atoms with Gasteiger partial charge in [0.25, 0.3) is 0 Å². The van der Waals surface area contributed by atoms with Crippen LogP contribution >= 0.6 is 0 Å². The van der Waals surface area contributed by atoms with Crippen molar-refractivity contribution in [3.8, 4) is 22.3 Å². The van der Waals surface area contributed by atoms with Crippen LogP contribution in [-0.4, -0.2) is 11.6 Å². The van der Waals surface area contributed by atoms with Crippen LogP contribution in [-0.2, 0) is 0 Å². The molecule has 0 unspecified atom stereocenters. The van der Waals surface area contributed by atoms with E-state index in [0.29, 0.717) is 11.1 Å². The summed E-state index contributed by atoms with van der Waals surface area (Å²) in [4.78, 5) is 26.0. The highest BCUT2D eigenvalue weighted by molar-refractivity contribution is 6.50. The molecule has 28 heavy (non-hydrogen) atoms. The van der Waals surface area contributed by atoms with Crippen LogP contribution in [0.4, 0.5) is 0 Å². The summed E-state index contributed by atoms with van der Waals surface area (Å²) in [6.07, 6.45) is 0. The first-order valence-electron chi connectivity index (χ1n) is 9.13. The Bertz CT molecular complexity index is 1110. The van der Waals surface area contributed by atoms with Crippen molar-refractivity contribution in [2.24, 2.45) is 0 Å². The van der Waals surface area contributed by atoms with E-state index in [1.807, 2.05) is 78.9 Å². The van der Waals surface area contributed by atoms with E-state index < -0.39 is 11.6 Å². The van der Waals surface area contributed by atoms with Crippen molar-refractivity contribution in [1.82, 2.24) is 0 Å². The molecule has 0 saturated heterocycles. The molecule has 0 radical (unpaired) electrons. The van der Waals surface area contributed by atoms with Crippen molar-refractivity contribution in [2.45, 2.75) is 0 Å². The largest absolute Gasteiger partial charge is 0.285 e. The van der Waals surface area contributed by atoms with Gasteiger partial charge in [0, 0.05) is 16.7 Å². The Hall–Kier alpha value is -3.78. The third-order valence-corrected chi connectivity index (χ3v) is 4.70. The monoisotopic (exact) mass is 362 g/mol. The van der Waals surface area contributed by atoms with Crippen LogP contribution in [0.25, 0.3) is 22.3 Å². The third-order valence-electron chi connectivity index (χ3n) is 4.70. The minimum absolute atomic E-state index is 0.400. The van der Waals surface area contributed by atoms with Gasteiger partial charge in [-0.2, -0.15) is 0 Å². The van der Waals surface area contributed by atoms with Crippen LogP contribution < -0.4 is 0 Å². The molecular formula is C26H18O2. The van der Waals surface area contributed by atoms with Gasteiger partial charge in [-0.1, -0.05) is 109 Å². The fourth-order valence-electron chi connectivity index (χ4n) is 3.36. The van der Waals surface area contributed by atoms with Gasteiger partial charge in [-0.3, -0.25) is 9.59 Å². The Labute approximate surface area is 164 Å². The Kier molecular flexibility index (Phi) is 4.94. The number of Topliss-reactive ketones (excluding diaryl/α,β-unsaturated/α-hetero) is 2. The quantitative estimate of drug-likeness (QED) is 0.318. The zero-order valence-electron chi connectivity index (χ0n) is 15.2. The average Bonchev–Trinajstić information content (AvgIpc) is 2.79. The molecule has 0 heterocycles. The van der Waals surface area contributed by atoms with E-state index in [9.17, 15) is 9.59 Å².